The highest BCUT2D eigenvalue weighted by Crippen LogP contribution is 2.66. The van der Waals surface area contributed by atoms with Gasteiger partial charge in [-0.1, -0.05) is 171 Å². The van der Waals surface area contributed by atoms with Crippen LogP contribution in [-0.4, -0.2) is 6.04 Å². The molecule has 4 unspecified atom stereocenters. The molecule has 1 heteroatoms. The fraction of sp³-hybridized carbons (Fsp3) is 0.179. The van der Waals surface area contributed by atoms with Crippen molar-refractivity contribution in [3.63, 3.8) is 0 Å². The van der Waals surface area contributed by atoms with Crippen LogP contribution in [0.5, 0.6) is 0 Å². The average molecular weight is 734 g/mol. The van der Waals surface area contributed by atoms with Crippen molar-refractivity contribution in [2.75, 3.05) is 4.90 Å². The number of fused-ring (bicyclic) bond motifs is 8. The number of benzene rings is 6. The predicted molar refractivity (Wildman–Crippen MR) is 239 cm³/mol. The molecule has 1 spiro atoms. The normalized spacial score (nSPS) is 22.9. The fourth-order valence-corrected chi connectivity index (χ4v) is 11.0. The van der Waals surface area contributed by atoms with E-state index < -0.39 is 0 Å². The number of nitrogens with zero attached hydrogens (tertiary/aromatic N) is 1. The average Bonchev–Trinajstić information content (AvgIpc) is 3.74. The minimum absolute atomic E-state index is 0.0451. The summed E-state index contributed by atoms with van der Waals surface area (Å²) in [5.41, 5.74) is 20.8. The summed E-state index contributed by atoms with van der Waals surface area (Å²) >= 11 is 0. The Bertz CT molecular complexity index is 2660. The molecule has 0 fully saturated rings. The van der Waals surface area contributed by atoms with Crippen LogP contribution in [0, 0.1) is 5.92 Å². The Hall–Kier alpha value is -6.18. The van der Waals surface area contributed by atoms with Crippen LogP contribution < -0.4 is 4.90 Å². The standard InChI is InChI=1S/C56H47N/c1-38-25-32-48-49-33-31-45(37-54(49)56(53(48)35-38)51-23-13-11-21-46(51)47-22-12-14-24-52(47)56)57(44-29-26-41(27-30-44)39-15-5-2-6-16-39)55-34-28-43(40-17-7-3-8-18-40)36-50(55)42-19-9-4-10-20-42/h2-13,15-23,26-31,33-34,36-38,50,55H,14,24-25,32,35H2,1H3. The van der Waals surface area contributed by atoms with Gasteiger partial charge in [0.25, 0.3) is 0 Å². The third kappa shape index (κ3) is 5.43. The molecule has 57 heavy (non-hydrogen) atoms. The van der Waals surface area contributed by atoms with Crippen molar-refractivity contribution in [3.8, 4) is 11.1 Å². The smallest absolute Gasteiger partial charge is 0.0649 e. The van der Waals surface area contributed by atoms with Gasteiger partial charge in [0.1, 0.15) is 0 Å². The SMILES string of the molecule is CC1CCC2=C(C1)C1(C3=C(C=CCC3)c3ccccc31)c1cc(N(c3ccc(-c4ccccc4)cc3)C3C=CC(c4ccccc4)=CC3c3ccccc3)ccc12. The number of hydrogen-bond donors (Lipinski definition) is 0. The maximum absolute atomic E-state index is 2.64. The molecule has 0 heterocycles. The van der Waals surface area contributed by atoms with Crippen molar-refractivity contribution in [3.05, 3.63) is 233 Å². The molecule has 0 bridgehead atoms. The molecule has 6 aromatic carbocycles. The molecule has 5 aliphatic rings. The Labute approximate surface area is 337 Å². The van der Waals surface area contributed by atoms with Crippen LogP contribution in [0.1, 0.15) is 78.3 Å². The van der Waals surface area contributed by atoms with Gasteiger partial charge < -0.3 is 4.90 Å². The molecule has 0 saturated carbocycles. The summed E-state index contributed by atoms with van der Waals surface area (Å²) in [4.78, 5) is 2.64. The molecular weight excluding hydrogens is 687 g/mol. The third-order valence-corrected chi connectivity index (χ3v) is 13.6. The van der Waals surface area contributed by atoms with Gasteiger partial charge in [-0.2, -0.15) is 0 Å². The first-order chi connectivity index (χ1) is 28.2. The van der Waals surface area contributed by atoms with Crippen LogP contribution in [0.4, 0.5) is 11.4 Å². The molecule has 0 N–H and O–H groups in total. The van der Waals surface area contributed by atoms with Crippen molar-refractivity contribution in [2.24, 2.45) is 5.92 Å². The molecule has 5 aliphatic carbocycles. The zero-order valence-electron chi connectivity index (χ0n) is 32.6. The lowest BCUT2D eigenvalue weighted by Crippen LogP contribution is -2.36. The molecule has 276 valence electrons. The Morgan fingerprint density at radius 3 is 2.05 bits per heavy atom. The van der Waals surface area contributed by atoms with E-state index in [-0.39, 0.29) is 17.4 Å². The quantitative estimate of drug-likeness (QED) is 0.165. The Kier molecular flexibility index (Phi) is 8.24. The van der Waals surface area contributed by atoms with Crippen LogP contribution in [0.25, 0.3) is 27.8 Å². The van der Waals surface area contributed by atoms with Gasteiger partial charge in [0.2, 0.25) is 0 Å². The van der Waals surface area contributed by atoms with Crippen molar-refractivity contribution >= 4 is 28.1 Å². The highest BCUT2D eigenvalue weighted by atomic mass is 15.2. The number of anilines is 2. The summed E-state index contributed by atoms with van der Waals surface area (Å²) in [6, 6.07) is 59.1. The highest BCUT2D eigenvalue weighted by Gasteiger charge is 2.54. The fourth-order valence-electron chi connectivity index (χ4n) is 11.0. The first-order valence-electron chi connectivity index (χ1n) is 21.0. The molecule has 0 radical (unpaired) electrons. The van der Waals surface area contributed by atoms with Gasteiger partial charge in [-0.25, -0.2) is 0 Å². The lowest BCUT2D eigenvalue weighted by Gasteiger charge is -2.40. The van der Waals surface area contributed by atoms with Gasteiger partial charge in [-0.15, -0.1) is 0 Å². The minimum Gasteiger partial charge on any atom is -0.334 e. The van der Waals surface area contributed by atoms with E-state index in [9.17, 15) is 0 Å². The minimum atomic E-state index is -0.212. The van der Waals surface area contributed by atoms with Crippen LogP contribution in [0.3, 0.4) is 0 Å². The summed E-state index contributed by atoms with van der Waals surface area (Å²) in [5.74, 6) is 0.800. The zero-order valence-corrected chi connectivity index (χ0v) is 32.6. The largest absolute Gasteiger partial charge is 0.334 e. The van der Waals surface area contributed by atoms with Gasteiger partial charge in [-0.05, 0) is 135 Å². The molecular formula is C56H47N. The van der Waals surface area contributed by atoms with Gasteiger partial charge in [-0.3, -0.25) is 0 Å². The lowest BCUT2D eigenvalue weighted by molar-refractivity contribution is 0.488. The van der Waals surface area contributed by atoms with Crippen molar-refractivity contribution in [1.82, 2.24) is 0 Å². The lowest BCUT2D eigenvalue weighted by atomic mass is 9.64. The van der Waals surface area contributed by atoms with Gasteiger partial charge in [0.15, 0.2) is 0 Å². The van der Waals surface area contributed by atoms with Crippen LogP contribution in [0.15, 0.2) is 199 Å². The van der Waals surface area contributed by atoms with E-state index in [1.165, 1.54) is 73.4 Å². The zero-order chi connectivity index (χ0) is 37.9. The van der Waals surface area contributed by atoms with E-state index in [0.717, 1.165) is 25.7 Å². The second-order valence-electron chi connectivity index (χ2n) is 16.7. The molecule has 11 rings (SSSR count). The first-order valence-corrected chi connectivity index (χ1v) is 21.0. The summed E-state index contributed by atoms with van der Waals surface area (Å²) < 4.78 is 0. The van der Waals surface area contributed by atoms with E-state index in [4.69, 9.17) is 0 Å². The summed E-state index contributed by atoms with van der Waals surface area (Å²) in [6.45, 7) is 2.47. The van der Waals surface area contributed by atoms with Gasteiger partial charge in [0, 0.05) is 17.3 Å². The number of rotatable bonds is 6. The van der Waals surface area contributed by atoms with E-state index in [2.05, 4.69) is 200 Å². The summed E-state index contributed by atoms with van der Waals surface area (Å²) in [6.07, 6.45) is 18.0. The summed E-state index contributed by atoms with van der Waals surface area (Å²) in [7, 11) is 0. The monoisotopic (exact) mass is 733 g/mol. The van der Waals surface area contributed by atoms with E-state index in [1.807, 2.05) is 0 Å². The van der Waals surface area contributed by atoms with Crippen LogP contribution >= 0.6 is 0 Å². The third-order valence-electron chi connectivity index (χ3n) is 13.6. The van der Waals surface area contributed by atoms with Crippen molar-refractivity contribution < 1.29 is 0 Å². The first kappa shape index (κ1) is 34.1. The van der Waals surface area contributed by atoms with E-state index in [0.29, 0.717) is 5.92 Å². The Morgan fingerprint density at radius 2 is 1.26 bits per heavy atom. The molecule has 0 aromatic heterocycles. The molecule has 1 nitrogen and oxygen atoms in total. The second-order valence-corrected chi connectivity index (χ2v) is 16.7. The van der Waals surface area contributed by atoms with Crippen molar-refractivity contribution in [2.45, 2.75) is 56.4 Å². The maximum Gasteiger partial charge on any atom is 0.0649 e. The topological polar surface area (TPSA) is 3.24 Å². The molecule has 6 aromatic rings. The second kappa shape index (κ2) is 13.8. The van der Waals surface area contributed by atoms with Gasteiger partial charge in [0.05, 0.1) is 11.5 Å². The van der Waals surface area contributed by atoms with E-state index >= 15 is 0 Å². The summed E-state index contributed by atoms with van der Waals surface area (Å²) in [5, 5.41) is 0. The van der Waals surface area contributed by atoms with Gasteiger partial charge >= 0.3 is 0 Å². The molecule has 0 saturated heterocycles. The molecule has 4 atom stereocenters. The van der Waals surface area contributed by atoms with E-state index in [1.54, 1.807) is 16.7 Å². The predicted octanol–water partition coefficient (Wildman–Crippen LogP) is 14.3. The number of hydrogen-bond acceptors (Lipinski definition) is 1. The Balaban J connectivity index is 1.13. The Morgan fingerprint density at radius 1 is 0.579 bits per heavy atom. The van der Waals surface area contributed by atoms with Crippen molar-refractivity contribution in [1.29, 1.82) is 0 Å². The highest BCUT2D eigenvalue weighted by molar-refractivity contribution is 5.97. The number of allylic oxidation sites excluding steroid dienone is 8. The molecule has 0 amide bonds. The van der Waals surface area contributed by atoms with Crippen LogP contribution in [-0.2, 0) is 5.41 Å². The van der Waals surface area contributed by atoms with Crippen LogP contribution in [0.2, 0.25) is 0 Å². The maximum atomic E-state index is 2.64. The molecule has 0 aliphatic heterocycles.